The monoisotopic (exact) mass is 365 g/mol. The first-order valence-electron chi connectivity index (χ1n) is 9.02. The van der Waals surface area contributed by atoms with Gasteiger partial charge in [-0.05, 0) is 55.7 Å². The summed E-state index contributed by atoms with van der Waals surface area (Å²) in [6.07, 6.45) is 1.54. The van der Waals surface area contributed by atoms with Gasteiger partial charge in [-0.15, -0.1) is 0 Å². The lowest BCUT2D eigenvalue weighted by atomic mass is 10.1. The maximum Gasteiger partial charge on any atom is 0.227 e. The fourth-order valence-corrected chi connectivity index (χ4v) is 3.54. The van der Waals surface area contributed by atoms with Gasteiger partial charge in [0.15, 0.2) is 0 Å². The SMILES string of the molecule is Cc1cc(-c2noc(CCC(=O)N3c4ccccc4C[C@@H]3C)n2)ccc1F. The maximum atomic E-state index is 13.4. The third kappa shape index (κ3) is 3.35. The van der Waals surface area contributed by atoms with Crippen molar-refractivity contribution in [1.29, 1.82) is 0 Å². The van der Waals surface area contributed by atoms with Gasteiger partial charge >= 0.3 is 0 Å². The van der Waals surface area contributed by atoms with Gasteiger partial charge in [0.25, 0.3) is 0 Å². The van der Waals surface area contributed by atoms with Crippen LogP contribution >= 0.6 is 0 Å². The minimum absolute atomic E-state index is 0.0461. The van der Waals surface area contributed by atoms with Gasteiger partial charge in [-0.3, -0.25) is 4.79 Å². The minimum atomic E-state index is -0.270. The van der Waals surface area contributed by atoms with E-state index in [4.69, 9.17) is 4.52 Å². The number of halogens is 1. The molecule has 5 nitrogen and oxygen atoms in total. The van der Waals surface area contributed by atoms with E-state index in [0.717, 1.165) is 12.1 Å². The smallest absolute Gasteiger partial charge is 0.227 e. The summed E-state index contributed by atoms with van der Waals surface area (Å²) in [6.45, 7) is 3.74. The topological polar surface area (TPSA) is 59.2 Å². The number of benzene rings is 2. The summed E-state index contributed by atoms with van der Waals surface area (Å²) in [5.74, 6) is 0.582. The van der Waals surface area contributed by atoms with E-state index in [2.05, 4.69) is 23.1 Å². The first-order chi connectivity index (χ1) is 13.0. The molecule has 0 unspecified atom stereocenters. The number of amides is 1. The van der Waals surface area contributed by atoms with Crippen molar-refractivity contribution in [2.45, 2.75) is 39.2 Å². The fourth-order valence-electron chi connectivity index (χ4n) is 3.54. The third-order valence-electron chi connectivity index (χ3n) is 4.91. The van der Waals surface area contributed by atoms with Gasteiger partial charge < -0.3 is 9.42 Å². The molecule has 138 valence electrons. The zero-order chi connectivity index (χ0) is 19.0. The van der Waals surface area contributed by atoms with Gasteiger partial charge in [0.1, 0.15) is 5.82 Å². The third-order valence-corrected chi connectivity index (χ3v) is 4.91. The van der Waals surface area contributed by atoms with Crippen molar-refractivity contribution in [3.05, 3.63) is 65.3 Å². The van der Waals surface area contributed by atoms with Crippen LogP contribution < -0.4 is 4.90 Å². The number of hydrogen-bond donors (Lipinski definition) is 0. The Labute approximate surface area is 156 Å². The van der Waals surface area contributed by atoms with Crippen molar-refractivity contribution in [3.63, 3.8) is 0 Å². The van der Waals surface area contributed by atoms with Gasteiger partial charge in [-0.1, -0.05) is 23.4 Å². The van der Waals surface area contributed by atoms with E-state index in [1.165, 1.54) is 11.6 Å². The van der Waals surface area contributed by atoms with Crippen molar-refractivity contribution in [2.75, 3.05) is 4.90 Å². The summed E-state index contributed by atoms with van der Waals surface area (Å²) in [4.78, 5) is 18.9. The molecular formula is C21H20FN3O2. The van der Waals surface area contributed by atoms with Crippen molar-refractivity contribution < 1.29 is 13.7 Å². The molecule has 0 fully saturated rings. The number of aromatic nitrogens is 2. The highest BCUT2D eigenvalue weighted by atomic mass is 19.1. The fraction of sp³-hybridized carbons (Fsp3) is 0.286. The number of fused-ring (bicyclic) bond motifs is 1. The molecule has 6 heteroatoms. The second kappa shape index (κ2) is 6.95. The van der Waals surface area contributed by atoms with E-state index in [-0.39, 0.29) is 17.8 Å². The predicted molar refractivity (Wildman–Crippen MR) is 99.8 cm³/mol. The summed E-state index contributed by atoms with van der Waals surface area (Å²) < 4.78 is 18.7. The number of para-hydroxylation sites is 1. The van der Waals surface area contributed by atoms with Crippen LogP contribution in [-0.4, -0.2) is 22.1 Å². The maximum absolute atomic E-state index is 13.4. The molecule has 1 amide bonds. The van der Waals surface area contributed by atoms with E-state index < -0.39 is 0 Å². The molecule has 2 aromatic carbocycles. The van der Waals surface area contributed by atoms with Gasteiger partial charge in [-0.25, -0.2) is 4.39 Å². The highest BCUT2D eigenvalue weighted by Gasteiger charge is 2.30. The molecular weight excluding hydrogens is 345 g/mol. The predicted octanol–water partition coefficient (Wildman–Crippen LogP) is 4.09. The highest BCUT2D eigenvalue weighted by Crippen LogP contribution is 2.32. The van der Waals surface area contributed by atoms with Crippen molar-refractivity contribution in [2.24, 2.45) is 0 Å². The number of aryl methyl sites for hydroxylation is 2. The van der Waals surface area contributed by atoms with E-state index in [1.807, 2.05) is 23.1 Å². The lowest BCUT2D eigenvalue weighted by molar-refractivity contribution is -0.118. The van der Waals surface area contributed by atoms with Crippen molar-refractivity contribution in [1.82, 2.24) is 10.1 Å². The van der Waals surface area contributed by atoms with Crippen LogP contribution in [0, 0.1) is 12.7 Å². The average molecular weight is 365 g/mol. The molecule has 0 radical (unpaired) electrons. The summed E-state index contributed by atoms with van der Waals surface area (Å²) in [5, 5.41) is 3.95. The molecule has 0 aliphatic carbocycles. The summed E-state index contributed by atoms with van der Waals surface area (Å²) in [7, 11) is 0. The molecule has 2 heterocycles. The molecule has 3 aromatic rings. The molecule has 0 spiro atoms. The van der Waals surface area contributed by atoms with Crippen molar-refractivity contribution >= 4 is 11.6 Å². The van der Waals surface area contributed by atoms with Crippen LogP contribution in [0.4, 0.5) is 10.1 Å². The van der Waals surface area contributed by atoms with Gasteiger partial charge in [0.2, 0.25) is 17.6 Å². The molecule has 1 aliphatic heterocycles. The first-order valence-corrected chi connectivity index (χ1v) is 9.02. The second-order valence-corrected chi connectivity index (χ2v) is 6.92. The number of nitrogens with zero attached hydrogens (tertiary/aromatic N) is 3. The van der Waals surface area contributed by atoms with E-state index in [9.17, 15) is 9.18 Å². The average Bonchev–Trinajstić information content (AvgIpc) is 3.25. The van der Waals surface area contributed by atoms with Crippen LogP contribution in [0.15, 0.2) is 47.0 Å². The van der Waals surface area contributed by atoms with Crippen LogP contribution in [0.2, 0.25) is 0 Å². The van der Waals surface area contributed by atoms with E-state index >= 15 is 0 Å². The molecule has 4 rings (SSSR count). The number of anilines is 1. The molecule has 27 heavy (non-hydrogen) atoms. The van der Waals surface area contributed by atoms with E-state index in [0.29, 0.717) is 35.7 Å². The lowest BCUT2D eigenvalue weighted by Crippen LogP contribution is -2.35. The molecule has 0 N–H and O–H groups in total. The largest absolute Gasteiger partial charge is 0.339 e. The zero-order valence-electron chi connectivity index (χ0n) is 15.3. The lowest BCUT2D eigenvalue weighted by Gasteiger charge is -2.22. The van der Waals surface area contributed by atoms with Crippen LogP contribution in [0.25, 0.3) is 11.4 Å². The van der Waals surface area contributed by atoms with Crippen molar-refractivity contribution in [3.8, 4) is 11.4 Å². The molecule has 0 bridgehead atoms. The molecule has 1 atom stereocenters. The van der Waals surface area contributed by atoms with E-state index in [1.54, 1.807) is 19.1 Å². The number of hydrogen-bond acceptors (Lipinski definition) is 4. The summed E-state index contributed by atoms with van der Waals surface area (Å²) in [5.41, 5.74) is 3.40. The first kappa shape index (κ1) is 17.4. The Morgan fingerprint density at radius 3 is 2.93 bits per heavy atom. The Kier molecular flexibility index (Phi) is 4.48. The Morgan fingerprint density at radius 1 is 1.30 bits per heavy atom. The van der Waals surface area contributed by atoms with Gasteiger partial charge in [-0.2, -0.15) is 4.98 Å². The number of rotatable bonds is 4. The number of carbonyl (C=O) groups is 1. The Bertz CT molecular complexity index is 999. The number of carbonyl (C=O) groups excluding carboxylic acids is 1. The molecule has 1 aliphatic rings. The van der Waals surface area contributed by atoms with Gasteiger partial charge in [0, 0.05) is 30.1 Å². The van der Waals surface area contributed by atoms with Crippen LogP contribution in [0.5, 0.6) is 0 Å². The highest BCUT2D eigenvalue weighted by molar-refractivity contribution is 5.96. The Balaban J connectivity index is 1.44. The summed E-state index contributed by atoms with van der Waals surface area (Å²) in [6, 6.07) is 12.8. The molecule has 1 aromatic heterocycles. The second-order valence-electron chi connectivity index (χ2n) is 6.92. The van der Waals surface area contributed by atoms with Crippen LogP contribution in [-0.2, 0) is 17.6 Å². The molecule has 0 saturated heterocycles. The minimum Gasteiger partial charge on any atom is -0.339 e. The Morgan fingerprint density at radius 2 is 2.11 bits per heavy atom. The normalized spacial score (nSPS) is 15.8. The van der Waals surface area contributed by atoms with Gasteiger partial charge in [0.05, 0.1) is 0 Å². The standard InChI is InChI=1S/C21H20FN3O2/c1-13-11-16(7-8-17(13)22)21-23-19(27-24-21)9-10-20(26)25-14(2)12-15-5-3-4-6-18(15)25/h3-8,11,14H,9-10,12H2,1-2H3/t14-/m0/s1. The zero-order valence-corrected chi connectivity index (χ0v) is 15.3. The quantitative estimate of drug-likeness (QED) is 0.699. The Hall–Kier alpha value is -3.02. The summed E-state index contributed by atoms with van der Waals surface area (Å²) >= 11 is 0. The molecule has 0 saturated carbocycles. The van der Waals surface area contributed by atoms with Crippen LogP contribution in [0.3, 0.4) is 0 Å². The van der Waals surface area contributed by atoms with Crippen LogP contribution in [0.1, 0.15) is 30.4 Å².